The number of nitrogens with zero attached hydrogens (tertiary/aromatic N) is 2. The van der Waals surface area contributed by atoms with E-state index >= 15 is 0 Å². The van der Waals surface area contributed by atoms with Crippen LogP contribution in [0.4, 0.5) is 9.39 Å². The van der Waals surface area contributed by atoms with Crippen molar-refractivity contribution in [1.82, 2.24) is 9.55 Å². The van der Waals surface area contributed by atoms with E-state index in [1.165, 1.54) is 10.9 Å². The maximum atomic E-state index is 13.6. The number of thiophene rings is 1. The van der Waals surface area contributed by atoms with E-state index in [4.69, 9.17) is 10.7 Å². The van der Waals surface area contributed by atoms with E-state index in [1.807, 2.05) is 0 Å². The van der Waals surface area contributed by atoms with Gasteiger partial charge in [0.15, 0.2) is 0 Å². The zero-order chi connectivity index (χ0) is 15.1. The first-order valence-electron chi connectivity index (χ1n) is 7.04. The zero-order valence-corrected chi connectivity index (χ0v) is 13.2. The van der Waals surface area contributed by atoms with Gasteiger partial charge in [-0.15, -0.1) is 11.3 Å². The van der Waals surface area contributed by atoms with E-state index in [1.54, 1.807) is 23.5 Å². The van der Waals surface area contributed by atoms with Crippen molar-refractivity contribution in [1.29, 1.82) is 0 Å². The van der Waals surface area contributed by atoms with Gasteiger partial charge in [0.25, 0.3) is 0 Å². The van der Waals surface area contributed by atoms with Crippen LogP contribution in [-0.2, 0) is 6.54 Å². The Bertz CT molecular complexity index is 817. The molecule has 0 atom stereocenters. The Labute approximate surface area is 127 Å². The van der Waals surface area contributed by atoms with Crippen molar-refractivity contribution in [2.75, 3.05) is 5.73 Å². The van der Waals surface area contributed by atoms with Crippen molar-refractivity contribution in [3.05, 3.63) is 34.5 Å². The number of nitrogen functional groups attached to an aromatic ring is 1. The highest BCUT2D eigenvalue weighted by Crippen LogP contribution is 2.38. The number of benzene rings is 1. The van der Waals surface area contributed by atoms with E-state index < -0.39 is 0 Å². The molecule has 5 heteroatoms. The van der Waals surface area contributed by atoms with Crippen molar-refractivity contribution < 1.29 is 4.39 Å². The van der Waals surface area contributed by atoms with Crippen LogP contribution in [0.5, 0.6) is 0 Å². The normalized spacial score (nSPS) is 11.4. The first kappa shape index (κ1) is 14.1. The molecule has 0 spiro atoms. The largest absolute Gasteiger partial charge is 0.390 e. The molecule has 3 rings (SSSR count). The molecule has 0 radical (unpaired) electrons. The van der Waals surface area contributed by atoms with Crippen molar-refractivity contribution >= 4 is 27.4 Å². The molecule has 0 bridgehead atoms. The van der Waals surface area contributed by atoms with Crippen molar-refractivity contribution in [3.8, 4) is 11.4 Å². The molecule has 0 aliphatic rings. The van der Waals surface area contributed by atoms with Gasteiger partial charge in [-0.1, -0.05) is 6.92 Å². The molecule has 0 amide bonds. The van der Waals surface area contributed by atoms with E-state index in [9.17, 15) is 4.39 Å². The molecule has 2 aromatic heterocycles. The van der Waals surface area contributed by atoms with Crippen LogP contribution in [0.1, 0.15) is 23.8 Å². The number of rotatable bonds is 3. The van der Waals surface area contributed by atoms with Gasteiger partial charge in [-0.25, -0.2) is 9.37 Å². The predicted octanol–water partition coefficient (Wildman–Crippen LogP) is 4.51. The highest BCUT2D eigenvalue weighted by molar-refractivity contribution is 7.16. The summed E-state index contributed by atoms with van der Waals surface area (Å²) in [5, 5.41) is 0.776. The van der Waals surface area contributed by atoms with E-state index in [0.717, 1.165) is 46.0 Å². The van der Waals surface area contributed by atoms with Gasteiger partial charge in [0.1, 0.15) is 11.6 Å². The average Bonchev–Trinajstić information content (AvgIpc) is 2.89. The average molecular weight is 303 g/mol. The Balaban J connectivity index is 2.33. The number of imidazole rings is 1. The van der Waals surface area contributed by atoms with Gasteiger partial charge in [0, 0.05) is 11.4 Å². The third-order valence-corrected chi connectivity index (χ3v) is 4.83. The van der Waals surface area contributed by atoms with Gasteiger partial charge in [0.2, 0.25) is 0 Å². The number of nitrogens with two attached hydrogens (primary N) is 1. The SMILES string of the molecule is CCCn1c(-c2c(N)sc(C)c2C)nc2ccc(F)cc21. The molecule has 3 aromatic rings. The number of hydrogen-bond acceptors (Lipinski definition) is 3. The minimum Gasteiger partial charge on any atom is -0.390 e. The van der Waals surface area contributed by atoms with E-state index in [0.29, 0.717) is 0 Å². The molecule has 0 aliphatic heterocycles. The first-order chi connectivity index (χ1) is 10.0. The molecule has 0 fully saturated rings. The van der Waals surface area contributed by atoms with Crippen LogP contribution in [-0.4, -0.2) is 9.55 Å². The Morgan fingerprint density at radius 2 is 2.10 bits per heavy atom. The lowest BCUT2D eigenvalue weighted by molar-refractivity contribution is 0.627. The molecule has 110 valence electrons. The molecule has 0 unspecified atom stereocenters. The maximum Gasteiger partial charge on any atom is 0.144 e. The quantitative estimate of drug-likeness (QED) is 0.773. The summed E-state index contributed by atoms with van der Waals surface area (Å²) in [7, 11) is 0. The summed E-state index contributed by atoms with van der Waals surface area (Å²) in [5.74, 6) is 0.606. The first-order valence-corrected chi connectivity index (χ1v) is 7.86. The number of aryl methyl sites for hydroxylation is 2. The molecule has 3 nitrogen and oxygen atoms in total. The second-order valence-electron chi connectivity index (χ2n) is 5.24. The summed E-state index contributed by atoms with van der Waals surface area (Å²) < 4.78 is 15.6. The van der Waals surface area contributed by atoms with Crippen LogP contribution in [0, 0.1) is 19.7 Å². The van der Waals surface area contributed by atoms with Crippen LogP contribution in [0.3, 0.4) is 0 Å². The fraction of sp³-hybridized carbons (Fsp3) is 0.312. The Morgan fingerprint density at radius 1 is 1.33 bits per heavy atom. The maximum absolute atomic E-state index is 13.6. The van der Waals surface area contributed by atoms with Crippen LogP contribution in [0.15, 0.2) is 18.2 Å². The molecule has 2 N–H and O–H groups in total. The van der Waals surface area contributed by atoms with Crippen LogP contribution < -0.4 is 5.73 Å². The minimum atomic E-state index is -0.238. The van der Waals surface area contributed by atoms with E-state index in [2.05, 4.69) is 25.3 Å². The molecule has 1 aromatic carbocycles. The van der Waals surface area contributed by atoms with Crippen LogP contribution in [0.2, 0.25) is 0 Å². The third-order valence-electron chi connectivity index (χ3n) is 3.79. The third kappa shape index (κ3) is 2.21. The Kier molecular flexibility index (Phi) is 3.45. The predicted molar refractivity (Wildman–Crippen MR) is 87.2 cm³/mol. The molecule has 0 saturated heterocycles. The minimum absolute atomic E-state index is 0.238. The number of aromatic nitrogens is 2. The van der Waals surface area contributed by atoms with Crippen LogP contribution in [0.25, 0.3) is 22.4 Å². The summed E-state index contributed by atoms with van der Waals surface area (Å²) in [5.41, 5.74) is 9.96. The molecular formula is C16H18FN3S. The van der Waals surface area contributed by atoms with Gasteiger partial charge in [-0.3, -0.25) is 0 Å². The second-order valence-corrected chi connectivity index (χ2v) is 6.50. The fourth-order valence-electron chi connectivity index (χ4n) is 2.67. The molecular weight excluding hydrogens is 285 g/mol. The lowest BCUT2D eigenvalue weighted by atomic mass is 10.1. The summed E-state index contributed by atoms with van der Waals surface area (Å²) in [6.07, 6.45) is 0.955. The standard InChI is InChI=1S/C16H18FN3S/c1-4-7-20-13-8-11(17)5-6-12(13)19-16(20)14-9(2)10(3)21-15(14)18/h5-6,8H,4,7,18H2,1-3H3. The second kappa shape index (κ2) is 5.15. The number of anilines is 1. The number of fused-ring (bicyclic) bond motifs is 1. The van der Waals surface area contributed by atoms with Gasteiger partial charge in [-0.05, 0) is 44.0 Å². The summed E-state index contributed by atoms with van der Waals surface area (Å²) in [6, 6.07) is 4.72. The lowest BCUT2D eigenvalue weighted by Crippen LogP contribution is -2.01. The van der Waals surface area contributed by atoms with Crippen molar-refractivity contribution in [2.45, 2.75) is 33.7 Å². The smallest absolute Gasteiger partial charge is 0.144 e. The molecule has 0 aliphatic carbocycles. The van der Waals surface area contributed by atoms with Crippen molar-refractivity contribution in [2.24, 2.45) is 0 Å². The Morgan fingerprint density at radius 3 is 2.71 bits per heavy atom. The van der Waals surface area contributed by atoms with E-state index in [-0.39, 0.29) is 5.82 Å². The van der Waals surface area contributed by atoms with Gasteiger partial charge in [0.05, 0.1) is 21.6 Å². The topological polar surface area (TPSA) is 43.8 Å². The Hall–Kier alpha value is -1.88. The summed E-state index contributed by atoms with van der Waals surface area (Å²) in [6.45, 7) is 7.02. The highest BCUT2D eigenvalue weighted by Gasteiger charge is 2.19. The number of halogens is 1. The molecule has 2 heterocycles. The monoisotopic (exact) mass is 303 g/mol. The summed E-state index contributed by atoms with van der Waals surface area (Å²) in [4.78, 5) is 5.90. The van der Waals surface area contributed by atoms with Gasteiger partial charge in [-0.2, -0.15) is 0 Å². The highest BCUT2D eigenvalue weighted by atomic mass is 32.1. The molecule has 21 heavy (non-hydrogen) atoms. The van der Waals surface area contributed by atoms with Crippen LogP contribution >= 0.6 is 11.3 Å². The number of hydrogen-bond donors (Lipinski definition) is 1. The fourth-order valence-corrected chi connectivity index (χ4v) is 3.60. The van der Waals surface area contributed by atoms with Gasteiger partial charge < -0.3 is 10.3 Å². The zero-order valence-electron chi connectivity index (χ0n) is 12.4. The van der Waals surface area contributed by atoms with Gasteiger partial charge >= 0.3 is 0 Å². The lowest BCUT2D eigenvalue weighted by Gasteiger charge is -2.08. The summed E-state index contributed by atoms with van der Waals surface area (Å²) >= 11 is 1.58. The molecule has 0 saturated carbocycles. The van der Waals surface area contributed by atoms with Crippen molar-refractivity contribution in [3.63, 3.8) is 0 Å².